The van der Waals surface area contributed by atoms with E-state index in [9.17, 15) is 18.0 Å². The van der Waals surface area contributed by atoms with Crippen molar-refractivity contribution in [3.8, 4) is 5.75 Å². The minimum absolute atomic E-state index is 0.170. The number of nitrogens with zero attached hydrogens (tertiary/aromatic N) is 2. The molecule has 8 heteroatoms. The van der Waals surface area contributed by atoms with E-state index in [4.69, 9.17) is 16.3 Å². The van der Waals surface area contributed by atoms with Gasteiger partial charge in [0.15, 0.2) is 5.60 Å². The molecule has 0 spiro atoms. The third-order valence-corrected chi connectivity index (χ3v) is 5.06. The second-order valence-corrected chi connectivity index (χ2v) is 7.83. The van der Waals surface area contributed by atoms with E-state index in [0.29, 0.717) is 42.6 Å². The monoisotopic (exact) mass is 426 g/mol. The fraction of sp³-hybridized carbons (Fsp3) is 0.381. The summed E-state index contributed by atoms with van der Waals surface area (Å²) in [6.45, 7) is 5.10. The zero-order valence-electron chi connectivity index (χ0n) is 16.2. The predicted molar refractivity (Wildman–Crippen MR) is 106 cm³/mol. The van der Waals surface area contributed by atoms with Crippen LogP contribution in [0.2, 0.25) is 5.02 Å². The molecular formula is C21H22ClF3N2O2. The Morgan fingerprint density at radius 1 is 1.00 bits per heavy atom. The van der Waals surface area contributed by atoms with Crippen LogP contribution in [0.25, 0.3) is 0 Å². The maximum atomic E-state index is 12.9. The molecule has 0 bridgehead atoms. The lowest BCUT2D eigenvalue weighted by molar-refractivity contribution is -0.145. The summed E-state index contributed by atoms with van der Waals surface area (Å²) in [5, 5.41) is 0.576. The first kappa shape index (κ1) is 21.3. The van der Waals surface area contributed by atoms with E-state index >= 15 is 0 Å². The Morgan fingerprint density at radius 2 is 1.62 bits per heavy atom. The van der Waals surface area contributed by atoms with Crippen LogP contribution in [0.5, 0.6) is 5.75 Å². The van der Waals surface area contributed by atoms with Crippen molar-refractivity contribution in [3.63, 3.8) is 0 Å². The number of hydrogen-bond donors (Lipinski definition) is 0. The van der Waals surface area contributed by atoms with Gasteiger partial charge in [0.2, 0.25) is 0 Å². The molecule has 0 N–H and O–H groups in total. The van der Waals surface area contributed by atoms with Crippen LogP contribution in [-0.4, -0.2) is 42.6 Å². The second-order valence-electron chi connectivity index (χ2n) is 7.39. The molecule has 4 nitrogen and oxygen atoms in total. The number of hydrogen-bond acceptors (Lipinski definition) is 3. The van der Waals surface area contributed by atoms with Crippen molar-refractivity contribution < 1.29 is 22.7 Å². The molecular weight excluding hydrogens is 405 g/mol. The molecule has 156 valence electrons. The van der Waals surface area contributed by atoms with Gasteiger partial charge in [-0.3, -0.25) is 4.79 Å². The highest BCUT2D eigenvalue weighted by molar-refractivity contribution is 6.30. The minimum Gasteiger partial charge on any atom is -0.478 e. The molecule has 1 aliphatic rings. The Labute approximate surface area is 172 Å². The summed E-state index contributed by atoms with van der Waals surface area (Å²) in [6.07, 6.45) is -4.38. The zero-order chi connectivity index (χ0) is 21.2. The van der Waals surface area contributed by atoms with E-state index in [1.807, 2.05) is 4.90 Å². The first-order valence-electron chi connectivity index (χ1n) is 9.22. The summed E-state index contributed by atoms with van der Waals surface area (Å²) in [6, 6.07) is 12.0. The average Bonchev–Trinajstić information content (AvgIpc) is 2.68. The molecule has 1 aliphatic heterocycles. The largest absolute Gasteiger partial charge is 0.478 e. The van der Waals surface area contributed by atoms with Gasteiger partial charge in [0.1, 0.15) is 5.75 Å². The molecule has 2 aromatic carbocycles. The molecule has 1 amide bonds. The van der Waals surface area contributed by atoms with Gasteiger partial charge in [0.05, 0.1) is 5.56 Å². The number of rotatable bonds is 4. The van der Waals surface area contributed by atoms with E-state index < -0.39 is 17.3 Å². The number of carbonyl (C=O) groups is 1. The number of ether oxygens (including phenoxy) is 1. The Hall–Kier alpha value is -2.41. The number of piperazine rings is 1. The molecule has 2 aromatic rings. The Bertz CT molecular complexity index is 861. The van der Waals surface area contributed by atoms with E-state index in [0.717, 1.165) is 12.1 Å². The third kappa shape index (κ3) is 5.15. The first-order valence-corrected chi connectivity index (χ1v) is 9.60. The first-order chi connectivity index (χ1) is 13.6. The predicted octanol–water partition coefficient (Wildman–Crippen LogP) is 4.87. The number of alkyl halides is 3. The van der Waals surface area contributed by atoms with Crippen LogP contribution in [0.3, 0.4) is 0 Å². The van der Waals surface area contributed by atoms with Crippen LogP contribution in [-0.2, 0) is 11.0 Å². The van der Waals surface area contributed by atoms with Gasteiger partial charge in [0.25, 0.3) is 5.91 Å². The van der Waals surface area contributed by atoms with E-state index in [1.54, 1.807) is 49.1 Å². The maximum Gasteiger partial charge on any atom is 0.416 e. The van der Waals surface area contributed by atoms with Crippen LogP contribution < -0.4 is 9.64 Å². The van der Waals surface area contributed by atoms with Gasteiger partial charge >= 0.3 is 6.18 Å². The molecule has 0 saturated carbocycles. The van der Waals surface area contributed by atoms with Crippen LogP contribution >= 0.6 is 11.6 Å². The molecule has 0 atom stereocenters. The number of amides is 1. The highest BCUT2D eigenvalue weighted by atomic mass is 35.5. The lowest BCUT2D eigenvalue weighted by Crippen LogP contribution is -2.55. The molecule has 1 heterocycles. The summed E-state index contributed by atoms with van der Waals surface area (Å²) in [4.78, 5) is 16.5. The standard InChI is InChI=1S/C21H22ClF3N2O2/c1-20(2,29-18-8-6-16(22)7-9-18)19(28)27-12-10-26(11-13-27)17-5-3-4-15(14-17)21(23,24)25/h3-9,14H,10-13H2,1-2H3. The van der Waals surface area contributed by atoms with E-state index in [2.05, 4.69) is 0 Å². The fourth-order valence-corrected chi connectivity index (χ4v) is 3.39. The van der Waals surface area contributed by atoms with Gasteiger partial charge in [-0.15, -0.1) is 0 Å². The summed E-state index contributed by atoms with van der Waals surface area (Å²) >= 11 is 5.87. The molecule has 0 radical (unpaired) electrons. The number of halogens is 4. The third-order valence-electron chi connectivity index (χ3n) is 4.81. The van der Waals surface area contributed by atoms with Crippen molar-refractivity contribution in [2.75, 3.05) is 31.1 Å². The van der Waals surface area contributed by atoms with Crippen molar-refractivity contribution in [1.82, 2.24) is 4.90 Å². The molecule has 3 rings (SSSR count). The van der Waals surface area contributed by atoms with E-state index in [1.165, 1.54) is 6.07 Å². The van der Waals surface area contributed by atoms with Crippen LogP contribution in [0.1, 0.15) is 19.4 Å². The molecule has 29 heavy (non-hydrogen) atoms. The molecule has 0 aliphatic carbocycles. The summed E-state index contributed by atoms with van der Waals surface area (Å²) < 4.78 is 44.7. The normalized spacial score (nSPS) is 15.4. The minimum atomic E-state index is -4.38. The number of carbonyl (C=O) groups excluding carboxylic acids is 1. The lowest BCUT2D eigenvalue weighted by atomic mass is 10.1. The van der Waals surface area contributed by atoms with Crippen molar-refractivity contribution in [3.05, 3.63) is 59.1 Å². The fourth-order valence-electron chi connectivity index (χ4n) is 3.27. The summed E-state index contributed by atoms with van der Waals surface area (Å²) in [7, 11) is 0. The molecule has 0 unspecified atom stereocenters. The molecule has 0 aromatic heterocycles. The molecule has 1 saturated heterocycles. The highest BCUT2D eigenvalue weighted by Crippen LogP contribution is 2.32. The summed E-state index contributed by atoms with van der Waals surface area (Å²) in [5.41, 5.74) is -1.25. The smallest absolute Gasteiger partial charge is 0.416 e. The van der Waals surface area contributed by atoms with Crippen molar-refractivity contribution >= 4 is 23.2 Å². The lowest BCUT2D eigenvalue weighted by Gasteiger charge is -2.39. The zero-order valence-corrected chi connectivity index (χ0v) is 16.9. The Kier molecular flexibility index (Phi) is 5.98. The Morgan fingerprint density at radius 3 is 2.21 bits per heavy atom. The maximum absolute atomic E-state index is 12.9. The summed E-state index contributed by atoms with van der Waals surface area (Å²) in [5.74, 6) is 0.367. The van der Waals surface area contributed by atoms with Crippen LogP contribution in [0.4, 0.5) is 18.9 Å². The Balaban J connectivity index is 1.62. The van der Waals surface area contributed by atoms with Crippen LogP contribution in [0.15, 0.2) is 48.5 Å². The van der Waals surface area contributed by atoms with Crippen molar-refractivity contribution in [2.24, 2.45) is 0 Å². The van der Waals surface area contributed by atoms with Crippen LogP contribution in [0, 0.1) is 0 Å². The average molecular weight is 427 g/mol. The van der Waals surface area contributed by atoms with Gasteiger partial charge < -0.3 is 14.5 Å². The van der Waals surface area contributed by atoms with Gasteiger partial charge in [-0.2, -0.15) is 13.2 Å². The van der Waals surface area contributed by atoms with Crippen molar-refractivity contribution in [1.29, 1.82) is 0 Å². The topological polar surface area (TPSA) is 32.8 Å². The highest BCUT2D eigenvalue weighted by Gasteiger charge is 2.36. The quantitative estimate of drug-likeness (QED) is 0.699. The van der Waals surface area contributed by atoms with Crippen molar-refractivity contribution in [2.45, 2.75) is 25.6 Å². The molecule has 1 fully saturated rings. The van der Waals surface area contributed by atoms with Gasteiger partial charge in [-0.1, -0.05) is 17.7 Å². The number of anilines is 1. The SMILES string of the molecule is CC(C)(Oc1ccc(Cl)cc1)C(=O)N1CCN(c2cccc(C(F)(F)F)c2)CC1. The second kappa shape index (κ2) is 8.14. The van der Waals surface area contributed by atoms with Gasteiger partial charge in [-0.25, -0.2) is 0 Å². The van der Waals surface area contributed by atoms with E-state index in [-0.39, 0.29) is 5.91 Å². The van der Waals surface area contributed by atoms with Gasteiger partial charge in [-0.05, 0) is 56.3 Å². The number of benzene rings is 2. The van der Waals surface area contributed by atoms with Gasteiger partial charge in [0, 0.05) is 36.9 Å².